The Kier molecular flexibility index (Phi) is 8.32. The Labute approximate surface area is 189 Å². The van der Waals surface area contributed by atoms with Crippen LogP contribution < -0.4 is 0 Å². The van der Waals surface area contributed by atoms with Crippen LogP contribution in [0.1, 0.15) is 91.9 Å². The summed E-state index contributed by atoms with van der Waals surface area (Å²) in [6.07, 6.45) is 14.7. The lowest BCUT2D eigenvalue weighted by Crippen LogP contribution is -2.36. The second-order valence-corrected chi connectivity index (χ2v) is 11.2. The van der Waals surface area contributed by atoms with Crippen molar-refractivity contribution in [2.45, 2.75) is 104 Å². The molecule has 0 saturated heterocycles. The topological polar surface area (TPSA) is 40.5 Å². The third kappa shape index (κ3) is 5.25. The summed E-state index contributed by atoms with van der Waals surface area (Å²) < 4.78 is 0. The highest BCUT2D eigenvalue weighted by Gasteiger charge is 2.50. The standard InChI is InChI=1S/C27H43ClO2/c1-18(2)7-5-8-19(3)23-12-13-24-20(9-6-14-27(23,24)4)10-11-21-15-25(29)26(30)16-22(21)17-28/h10-11,17-19,23-26,29-30H,5-9,12-16H2,1-4H3/b20-10?,21-11-,22-17+/t19-,23-,24?,25-,26+,27-/m1/s1. The van der Waals surface area contributed by atoms with E-state index in [9.17, 15) is 10.2 Å². The Bertz CT molecular complexity index is 676. The van der Waals surface area contributed by atoms with Gasteiger partial charge >= 0.3 is 0 Å². The van der Waals surface area contributed by atoms with Crippen LogP contribution in [0.15, 0.2) is 34.4 Å². The van der Waals surface area contributed by atoms with Gasteiger partial charge in [0, 0.05) is 18.4 Å². The Balaban J connectivity index is 1.73. The molecule has 0 heterocycles. The van der Waals surface area contributed by atoms with Crippen molar-refractivity contribution in [1.29, 1.82) is 0 Å². The molecule has 2 nitrogen and oxygen atoms in total. The van der Waals surface area contributed by atoms with Crippen molar-refractivity contribution in [3.63, 3.8) is 0 Å². The molecule has 0 radical (unpaired) electrons. The highest BCUT2D eigenvalue weighted by Crippen LogP contribution is 2.60. The van der Waals surface area contributed by atoms with Crippen molar-refractivity contribution in [3.8, 4) is 0 Å². The maximum atomic E-state index is 10.1. The average molecular weight is 435 g/mol. The number of hydrogen-bond acceptors (Lipinski definition) is 2. The molecular formula is C27H43ClO2. The first-order valence-corrected chi connectivity index (χ1v) is 12.7. The van der Waals surface area contributed by atoms with Gasteiger partial charge in [-0.15, -0.1) is 0 Å². The molecule has 0 aromatic carbocycles. The highest BCUT2D eigenvalue weighted by atomic mass is 35.5. The van der Waals surface area contributed by atoms with E-state index in [1.807, 2.05) is 0 Å². The number of aliphatic hydroxyl groups excluding tert-OH is 2. The van der Waals surface area contributed by atoms with Crippen LogP contribution in [-0.4, -0.2) is 22.4 Å². The smallest absolute Gasteiger partial charge is 0.0843 e. The average Bonchev–Trinajstić information content (AvgIpc) is 3.05. The first-order chi connectivity index (χ1) is 14.3. The number of aliphatic hydroxyl groups is 2. The van der Waals surface area contributed by atoms with Crippen molar-refractivity contribution in [2.24, 2.45) is 29.1 Å². The molecule has 6 atom stereocenters. The molecule has 3 aliphatic carbocycles. The van der Waals surface area contributed by atoms with E-state index in [0.29, 0.717) is 24.2 Å². The van der Waals surface area contributed by atoms with Gasteiger partial charge in [0.1, 0.15) is 0 Å². The molecule has 0 aromatic heterocycles. The van der Waals surface area contributed by atoms with E-state index in [4.69, 9.17) is 11.6 Å². The van der Waals surface area contributed by atoms with Crippen LogP contribution >= 0.6 is 11.6 Å². The zero-order valence-electron chi connectivity index (χ0n) is 19.5. The summed E-state index contributed by atoms with van der Waals surface area (Å²) in [6.45, 7) is 9.74. The third-order valence-electron chi connectivity index (χ3n) is 8.51. The van der Waals surface area contributed by atoms with Crippen molar-refractivity contribution < 1.29 is 10.2 Å². The van der Waals surface area contributed by atoms with Gasteiger partial charge in [-0.1, -0.05) is 76.3 Å². The minimum atomic E-state index is -0.703. The Morgan fingerprint density at radius 2 is 1.73 bits per heavy atom. The van der Waals surface area contributed by atoms with Crippen LogP contribution in [0.5, 0.6) is 0 Å². The molecule has 0 aromatic rings. The monoisotopic (exact) mass is 434 g/mol. The summed E-state index contributed by atoms with van der Waals surface area (Å²) in [6, 6.07) is 0. The molecule has 1 unspecified atom stereocenters. The van der Waals surface area contributed by atoms with Crippen molar-refractivity contribution in [1.82, 2.24) is 0 Å². The number of hydrogen-bond donors (Lipinski definition) is 2. The van der Waals surface area contributed by atoms with Crippen LogP contribution in [0, 0.1) is 29.1 Å². The van der Waals surface area contributed by atoms with Gasteiger partial charge in [-0.25, -0.2) is 0 Å². The number of fused-ring (bicyclic) bond motifs is 1. The molecule has 170 valence electrons. The highest BCUT2D eigenvalue weighted by molar-refractivity contribution is 6.26. The second kappa shape index (κ2) is 10.4. The zero-order valence-corrected chi connectivity index (χ0v) is 20.3. The number of rotatable bonds is 6. The zero-order chi connectivity index (χ0) is 21.9. The summed E-state index contributed by atoms with van der Waals surface area (Å²) in [4.78, 5) is 0. The van der Waals surface area contributed by atoms with E-state index < -0.39 is 12.2 Å². The molecule has 0 amide bonds. The molecule has 3 heteroatoms. The van der Waals surface area contributed by atoms with Crippen LogP contribution in [0.4, 0.5) is 0 Å². The van der Waals surface area contributed by atoms with Gasteiger partial charge in [-0.3, -0.25) is 0 Å². The van der Waals surface area contributed by atoms with Crippen LogP contribution in [0.25, 0.3) is 0 Å². The predicted molar refractivity (Wildman–Crippen MR) is 127 cm³/mol. The molecule has 3 fully saturated rings. The number of halogens is 1. The molecule has 0 spiro atoms. The molecule has 2 N–H and O–H groups in total. The van der Waals surface area contributed by atoms with E-state index >= 15 is 0 Å². The fourth-order valence-electron chi connectivity index (χ4n) is 6.75. The molecule has 0 aliphatic heterocycles. The summed E-state index contributed by atoms with van der Waals surface area (Å²) >= 11 is 6.02. The van der Waals surface area contributed by atoms with E-state index in [-0.39, 0.29) is 0 Å². The van der Waals surface area contributed by atoms with Crippen molar-refractivity contribution in [2.75, 3.05) is 0 Å². The van der Waals surface area contributed by atoms with E-state index in [0.717, 1.165) is 28.9 Å². The molecule has 3 saturated carbocycles. The Hall–Kier alpha value is -0.570. The second-order valence-electron chi connectivity index (χ2n) is 11.0. The molecule has 0 bridgehead atoms. The molecule has 30 heavy (non-hydrogen) atoms. The van der Waals surface area contributed by atoms with E-state index in [1.165, 1.54) is 51.4 Å². The molecule has 3 aliphatic rings. The van der Waals surface area contributed by atoms with Crippen molar-refractivity contribution >= 4 is 11.6 Å². The largest absolute Gasteiger partial charge is 0.390 e. The molecule has 3 rings (SSSR count). The lowest BCUT2D eigenvalue weighted by Gasteiger charge is -2.44. The normalized spacial score (nSPS) is 39.8. The maximum Gasteiger partial charge on any atom is 0.0843 e. The molecular weight excluding hydrogens is 392 g/mol. The SMILES string of the molecule is CC(C)CCC[C@@H](C)[C@H]1CCC2C(=C/C=C3/C[C@@H](O)[C@@H](O)C/C3=C\Cl)CCC[C@@]21C. The van der Waals surface area contributed by atoms with Crippen LogP contribution in [-0.2, 0) is 0 Å². The minimum absolute atomic E-state index is 0.438. The maximum absolute atomic E-state index is 10.1. The Morgan fingerprint density at radius 3 is 2.40 bits per heavy atom. The van der Waals surface area contributed by atoms with Gasteiger partial charge in [0.15, 0.2) is 0 Å². The summed E-state index contributed by atoms with van der Waals surface area (Å²) in [5.41, 5.74) is 5.66. The van der Waals surface area contributed by atoms with Gasteiger partial charge in [0.2, 0.25) is 0 Å². The summed E-state index contributed by atoms with van der Waals surface area (Å²) in [7, 11) is 0. The van der Waals surface area contributed by atoms with Crippen LogP contribution in [0.3, 0.4) is 0 Å². The quantitative estimate of drug-likeness (QED) is 0.465. The summed E-state index contributed by atoms with van der Waals surface area (Å²) in [5, 5.41) is 20.1. The Morgan fingerprint density at radius 1 is 1.03 bits per heavy atom. The fourth-order valence-corrected chi connectivity index (χ4v) is 6.97. The third-order valence-corrected chi connectivity index (χ3v) is 8.77. The lowest BCUT2D eigenvalue weighted by molar-refractivity contribution is 0.0137. The van der Waals surface area contributed by atoms with Gasteiger partial charge in [-0.2, -0.15) is 0 Å². The first-order valence-electron chi connectivity index (χ1n) is 12.3. The minimum Gasteiger partial charge on any atom is -0.390 e. The van der Waals surface area contributed by atoms with E-state index in [2.05, 4.69) is 39.8 Å². The number of allylic oxidation sites excluding steroid dienone is 3. The first kappa shape index (κ1) is 24.1. The predicted octanol–water partition coefficient (Wildman–Crippen LogP) is 7.16. The van der Waals surface area contributed by atoms with Gasteiger partial charge in [-0.05, 0) is 72.3 Å². The fraction of sp³-hybridized carbons (Fsp3) is 0.778. The van der Waals surface area contributed by atoms with Crippen LogP contribution in [0.2, 0.25) is 0 Å². The van der Waals surface area contributed by atoms with Gasteiger partial charge in [0.05, 0.1) is 12.2 Å². The van der Waals surface area contributed by atoms with E-state index in [1.54, 1.807) is 11.1 Å². The van der Waals surface area contributed by atoms with Gasteiger partial charge in [0.25, 0.3) is 0 Å². The van der Waals surface area contributed by atoms with Gasteiger partial charge < -0.3 is 10.2 Å². The summed E-state index contributed by atoms with van der Waals surface area (Å²) in [5.74, 6) is 3.17. The lowest BCUT2D eigenvalue weighted by atomic mass is 9.60. The van der Waals surface area contributed by atoms with Crippen molar-refractivity contribution in [3.05, 3.63) is 34.4 Å².